The van der Waals surface area contributed by atoms with Crippen molar-refractivity contribution in [3.05, 3.63) is 11.9 Å². The predicted octanol–water partition coefficient (Wildman–Crippen LogP) is 5.46. The molecule has 0 spiro atoms. The lowest BCUT2D eigenvalue weighted by atomic mass is 9.80. The Bertz CT molecular complexity index is 467. The highest BCUT2D eigenvalue weighted by Gasteiger charge is 2.30. The summed E-state index contributed by atoms with van der Waals surface area (Å²) in [6.45, 7) is 2.23. The van der Waals surface area contributed by atoms with Gasteiger partial charge in [-0.05, 0) is 82.1 Å². The molecule has 0 N–H and O–H groups in total. The van der Waals surface area contributed by atoms with Gasteiger partial charge in [-0.2, -0.15) is 9.65 Å². The molecule has 0 aliphatic heterocycles. The Morgan fingerprint density at radius 3 is 2.33 bits per heavy atom. The van der Waals surface area contributed by atoms with E-state index in [1.807, 2.05) is 0 Å². The molecule has 2 rings (SSSR count). The minimum atomic E-state index is -0.685. The molecule has 3 nitrogen and oxygen atoms in total. The second-order valence-corrected chi connectivity index (χ2v) is 7.45. The molecule has 24 heavy (non-hydrogen) atoms. The predicted molar refractivity (Wildman–Crippen MR) is 91.6 cm³/mol. The highest BCUT2D eigenvalue weighted by Crippen LogP contribution is 2.34. The Morgan fingerprint density at radius 1 is 1.12 bits per heavy atom. The van der Waals surface area contributed by atoms with Crippen molar-refractivity contribution in [3.63, 3.8) is 0 Å². The molecule has 0 heterocycles. The summed E-state index contributed by atoms with van der Waals surface area (Å²) in [5, 5.41) is 8.38. The topological polar surface area (TPSA) is 50.1 Å². The fourth-order valence-electron chi connectivity index (χ4n) is 4.10. The van der Waals surface area contributed by atoms with Crippen molar-refractivity contribution in [2.45, 2.75) is 83.7 Å². The molecule has 0 aromatic rings. The molecule has 0 amide bonds. The molecular formula is C20H30FNO2. The molecule has 2 aliphatic carbocycles. The number of rotatable bonds is 6. The minimum absolute atomic E-state index is 0.0204. The van der Waals surface area contributed by atoms with E-state index in [0.717, 1.165) is 63.7 Å². The summed E-state index contributed by atoms with van der Waals surface area (Å²) >= 11 is 0. The highest BCUT2D eigenvalue weighted by molar-refractivity contribution is 5.72. The number of hydrogen-bond donors (Lipinski definition) is 0. The van der Waals surface area contributed by atoms with E-state index in [1.165, 1.54) is 18.6 Å². The molecule has 0 bridgehead atoms. The molecule has 4 heteroatoms. The van der Waals surface area contributed by atoms with Gasteiger partial charge in [-0.15, -0.1) is 0 Å². The third-order valence-corrected chi connectivity index (χ3v) is 5.84. The number of nitrogens with zero attached hydrogens (tertiary/aromatic N) is 1. The average molecular weight is 335 g/mol. The second kappa shape index (κ2) is 9.81. The standard InChI is InChI=1S/C20H30FNO2/c1-2-15-6-10-17(11-7-15)20(23)24-19-12-8-16(9-13-19)4-3-5-18(21)14-22/h5,15-17,19H,2-4,6-13H2,1H3/t15-,16-,17-,19-. The molecule has 2 aliphatic rings. The smallest absolute Gasteiger partial charge is 0.309 e. The van der Waals surface area contributed by atoms with E-state index < -0.39 is 5.83 Å². The van der Waals surface area contributed by atoms with Gasteiger partial charge in [0, 0.05) is 0 Å². The Kier molecular flexibility index (Phi) is 7.75. The van der Waals surface area contributed by atoms with Crippen LogP contribution in [0.25, 0.3) is 0 Å². The van der Waals surface area contributed by atoms with Crippen molar-refractivity contribution in [3.8, 4) is 6.07 Å². The summed E-state index contributed by atoms with van der Waals surface area (Å²) < 4.78 is 18.5. The number of ether oxygens (including phenoxy) is 1. The van der Waals surface area contributed by atoms with Gasteiger partial charge in [0.1, 0.15) is 12.2 Å². The van der Waals surface area contributed by atoms with E-state index in [-0.39, 0.29) is 18.0 Å². The number of allylic oxidation sites excluding steroid dienone is 2. The number of hydrogen-bond acceptors (Lipinski definition) is 3. The fraction of sp³-hybridized carbons (Fsp3) is 0.800. The number of carbonyl (C=O) groups is 1. The molecule has 0 radical (unpaired) electrons. The van der Waals surface area contributed by atoms with Crippen LogP contribution in [-0.2, 0) is 9.53 Å². The number of carbonyl (C=O) groups excluding carboxylic acids is 1. The SMILES string of the molecule is CC[C@H]1CC[C@H](C(=O)O[C@H]2CC[C@H](CCC=C(F)C#N)CC2)CC1. The lowest BCUT2D eigenvalue weighted by Gasteiger charge is -2.31. The maximum absolute atomic E-state index is 12.8. The van der Waals surface area contributed by atoms with E-state index in [9.17, 15) is 9.18 Å². The van der Waals surface area contributed by atoms with Crippen LogP contribution in [0.15, 0.2) is 11.9 Å². The summed E-state index contributed by atoms with van der Waals surface area (Å²) in [6, 6.07) is 1.51. The summed E-state index contributed by atoms with van der Waals surface area (Å²) in [5.74, 6) is 0.805. The van der Waals surface area contributed by atoms with Crippen LogP contribution in [0.2, 0.25) is 0 Å². The maximum Gasteiger partial charge on any atom is 0.309 e. The van der Waals surface area contributed by atoms with Gasteiger partial charge in [-0.25, -0.2) is 0 Å². The van der Waals surface area contributed by atoms with E-state index in [4.69, 9.17) is 10.00 Å². The third-order valence-electron chi connectivity index (χ3n) is 5.84. The zero-order valence-electron chi connectivity index (χ0n) is 14.8. The lowest BCUT2D eigenvalue weighted by molar-refractivity contribution is -0.157. The molecule has 0 aromatic heterocycles. The average Bonchev–Trinajstić information content (AvgIpc) is 2.63. The van der Waals surface area contributed by atoms with E-state index >= 15 is 0 Å². The second-order valence-electron chi connectivity index (χ2n) is 7.45. The summed E-state index contributed by atoms with van der Waals surface area (Å²) in [4.78, 5) is 12.3. The normalized spacial score (nSPS) is 31.3. The molecule has 2 saturated carbocycles. The van der Waals surface area contributed by atoms with Crippen LogP contribution in [0.3, 0.4) is 0 Å². The molecular weight excluding hydrogens is 305 g/mol. The van der Waals surface area contributed by atoms with Crippen molar-refractivity contribution < 1.29 is 13.9 Å². The van der Waals surface area contributed by atoms with Gasteiger partial charge in [0.25, 0.3) is 0 Å². The van der Waals surface area contributed by atoms with Crippen molar-refractivity contribution >= 4 is 5.97 Å². The van der Waals surface area contributed by atoms with Crippen LogP contribution in [-0.4, -0.2) is 12.1 Å². The van der Waals surface area contributed by atoms with Gasteiger partial charge in [-0.1, -0.05) is 13.3 Å². The fourth-order valence-corrected chi connectivity index (χ4v) is 4.10. The van der Waals surface area contributed by atoms with Gasteiger partial charge in [0.15, 0.2) is 5.83 Å². The Morgan fingerprint density at radius 2 is 1.75 bits per heavy atom. The maximum atomic E-state index is 12.8. The van der Waals surface area contributed by atoms with Crippen LogP contribution in [0, 0.1) is 29.1 Å². The number of esters is 1. The van der Waals surface area contributed by atoms with Crippen LogP contribution < -0.4 is 0 Å². The zero-order valence-corrected chi connectivity index (χ0v) is 14.8. The van der Waals surface area contributed by atoms with Crippen molar-refractivity contribution in [1.29, 1.82) is 5.26 Å². The number of nitriles is 1. The summed E-state index contributed by atoms with van der Waals surface area (Å²) in [6.07, 6.45) is 12.4. The first kappa shape index (κ1) is 19.0. The minimum Gasteiger partial charge on any atom is -0.462 e. The first-order valence-electron chi connectivity index (χ1n) is 9.58. The first-order valence-corrected chi connectivity index (χ1v) is 9.58. The molecule has 134 valence electrons. The van der Waals surface area contributed by atoms with Gasteiger partial charge in [-0.3, -0.25) is 4.79 Å². The van der Waals surface area contributed by atoms with E-state index in [1.54, 1.807) is 0 Å². The van der Waals surface area contributed by atoms with Crippen LogP contribution in [0.4, 0.5) is 4.39 Å². The van der Waals surface area contributed by atoms with Crippen molar-refractivity contribution in [1.82, 2.24) is 0 Å². The molecule has 2 fully saturated rings. The summed E-state index contributed by atoms with van der Waals surface area (Å²) in [7, 11) is 0. The Labute approximate surface area is 145 Å². The van der Waals surface area contributed by atoms with Crippen LogP contribution >= 0.6 is 0 Å². The van der Waals surface area contributed by atoms with Crippen LogP contribution in [0.5, 0.6) is 0 Å². The molecule has 0 unspecified atom stereocenters. The van der Waals surface area contributed by atoms with Gasteiger partial charge < -0.3 is 4.74 Å². The molecule has 0 aromatic carbocycles. The Hall–Kier alpha value is -1.37. The lowest BCUT2D eigenvalue weighted by Crippen LogP contribution is -2.30. The third kappa shape index (κ3) is 5.92. The van der Waals surface area contributed by atoms with Gasteiger partial charge in [0.2, 0.25) is 0 Å². The molecule has 0 saturated heterocycles. The van der Waals surface area contributed by atoms with Gasteiger partial charge >= 0.3 is 5.97 Å². The zero-order chi connectivity index (χ0) is 17.4. The van der Waals surface area contributed by atoms with E-state index in [2.05, 4.69) is 6.92 Å². The first-order chi connectivity index (χ1) is 11.6. The number of halogens is 1. The van der Waals surface area contributed by atoms with E-state index in [0.29, 0.717) is 12.3 Å². The quantitative estimate of drug-likeness (QED) is 0.478. The highest BCUT2D eigenvalue weighted by atomic mass is 19.1. The molecule has 0 atom stereocenters. The van der Waals surface area contributed by atoms with Crippen molar-refractivity contribution in [2.75, 3.05) is 0 Å². The Balaban J connectivity index is 1.64. The largest absolute Gasteiger partial charge is 0.462 e. The van der Waals surface area contributed by atoms with Gasteiger partial charge in [0.05, 0.1) is 5.92 Å². The summed E-state index contributed by atoms with van der Waals surface area (Å²) in [5.41, 5.74) is 0. The monoisotopic (exact) mass is 335 g/mol. The van der Waals surface area contributed by atoms with Crippen LogP contribution in [0.1, 0.15) is 77.6 Å². The van der Waals surface area contributed by atoms with Crippen molar-refractivity contribution in [2.24, 2.45) is 17.8 Å².